The minimum absolute atomic E-state index is 0. The minimum atomic E-state index is -0.231. The number of halogens is 1. The molecule has 0 aliphatic carbocycles. The Morgan fingerprint density at radius 3 is 3.14 bits per heavy atom. The zero-order valence-electron chi connectivity index (χ0n) is 15.8. The van der Waals surface area contributed by atoms with Crippen LogP contribution in [0.5, 0.6) is 5.75 Å². The summed E-state index contributed by atoms with van der Waals surface area (Å²) in [5.41, 5.74) is 3.51. The Morgan fingerprint density at radius 1 is 1.34 bits per heavy atom. The van der Waals surface area contributed by atoms with Gasteiger partial charge in [-0.2, -0.15) is 5.10 Å². The Hall–Kier alpha value is -2.42. The van der Waals surface area contributed by atoms with E-state index in [1.54, 1.807) is 6.07 Å². The monoisotopic (exact) mass is 431 g/mol. The highest BCUT2D eigenvalue weighted by Gasteiger charge is 2.19. The Bertz CT molecular complexity index is 1010. The van der Waals surface area contributed by atoms with E-state index >= 15 is 0 Å². The van der Waals surface area contributed by atoms with Gasteiger partial charge in [0.2, 0.25) is 0 Å². The number of ether oxygens (including phenoxy) is 1. The lowest BCUT2D eigenvalue weighted by molar-refractivity contribution is 0.102. The molecule has 0 radical (unpaired) electrons. The van der Waals surface area contributed by atoms with Gasteiger partial charge in [-0.3, -0.25) is 14.8 Å². The number of nitrogens with one attached hydrogen (secondary N) is 2. The van der Waals surface area contributed by atoms with Crippen molar-refractivity contribution in [3.05, 3.63) is 47.1 Å². The number of thiazole rings is 1. The van der Waals surface area contributed by atoms with Crippen molar-refractivity contribution in [3.8, 4) is 17.0 Å². The maximum absolute atomic E-state index is 12.6. The second-order valence-corrected chi connectivity index (χ2v) is 7.95. The topological polar surface area (TPSA) is 81.1 Å². The normalized spacial score (nSPS) is 17.9. The van der Waals surface area contributed by atoms with Gasteiger partial charge in [-0.05, 0) is 49.2 Å². The molecule has 1 atom stereocenters. The molecule has 1 saturated heterocycles. The van der Waals surface area contributed by atoms with Gasteiger partial charge in [-0.1, -0.05) is 0 Å². The van der Waals surface area contributed by atoms with E-state index in [1.807, 2.05) is 28.4 Å². The van der Waals surface area contributed by atoms with Gasteiger partial charge in [0.1, 0.15) is 5.75 Å². The lowest BCUT2D eigenvalue weighted by Gasteiger charge is -2.22. The zero-order valence-corrected chi connectivity index (χ0v) is 17.4. The summed E-state index contributed by atoms with van der Waals surface area (Å²) in [5, 5.41) is 13.2. The van der Waals surface area contributed by atoms with Crippen molar-refractivity contribution in [2.45, 2.75) is 25.3 Å². The molecule has 1 unspecified atom stereocenters. The van der Waals surface area contributed by atoms with Crippen LogP contribution < -0.4 is 15.4 Å². The van der Waals surface area contributed by atoms with E-state index in [0.717, 1.165) is 56.0 Å². The molecule has 5 rings (SSSR count). The van der Waals surface area contributed by atoms with Crippen LogP contribution in [0, 0.1) is 0 Å². The number of nitrogens with zero attached hydrogens (tertiary/aromatic N) is 3. The third kappa shape index (κ3) is 4.14. The molecule has 152 valence electrons. The summed E-state index contributed by atoms with van der Waals surface area (Å²) in [7, 11) is 0. The summed E-state index contributed by atoms with van der Waals surface area (Å²) < 4.78 is 7.44. The predicted octanol–water partition coefficient (Wildman–Crippen LogP) is 3.54. The summed E-state index contributed by atoms with van der Waals surface area (Å²) in [6, 6.07) is 8.18. The van der Waals surface area contributed by atoms with Gasteiger partial charge in [0.25, 0.3) is 5.91 Å². The van der Waals surface area contributed by atoms with Crippen LogP contribution in [0.1, 0.15) is 34.9 Å². The first-order valence-electron chi connectivity index (χ1n) is 9.55. The fourth-order valence-corrected chi connectivity index (χ4v) is 4.41. The molecule has 1 fully saturated rings. The smallest absolute Gasteiger partial charge is 0.277 e. The number of rotatable bonds is 4. The van der Waals surface area contributed by atoms with Crippen LogP contribution in [-0.4, -0.2) is 40.4 Å². The number of hydrogen-bond acceptors (Lipinski definition) is 6. The summed E-state index contributed by atoms with van der Waals surface area (Å²) in [5.74, 6) is 0.724. The van der Waals surface area contributed by atoms with E-state index in [-0.39, 0.29) is 18.3 Å². The molecule has 0 spiro atoms. The standard InChI is InChI=1S/C20H21N5O2S.ClH/c26-19(16-5-8-25(24-16)15-2-1-7-21-11-15)23-20-22-17(12-28-20)13-3-4-18-14(10-13)6-9-27-18;/h3-5,8,10,12,15,21H,1-2,6-7,9,11H2,(H,22,23,26);1H. The van der Waals surface area contributed by atoms with Gasteiger partial charge < -0.3 is 10.1 Å². The Kier molecular flexibility index (Phi) is 5.84. The number of amides is 1. The molecule has 1 amide bonds. The molecule has 2 aliphatic heterocycles. The molecule has 1 aromatic carbocycles. The number of carbonyl (C=O) groups excluding carboxylic acids is 1. The SMILES string of the molecule is Cl.O=C(Nc1nc(-c2ccc3c(c2)CCO3)cs1)c1ccn(C2CCCNC2)n1. The molecular formula is C20H22ClN5O2S. The molecule has 2 N–H and O–H groups in total. The van der Waals surface area contributed by atoms with Gasteiger partial charge in [-0.15, -0.1) is 23.7 Å². The van der Waals surface area contributed by atoms with E-state index in [4.69, 9.17) is 4.74 Å². The van der Waals surface area contributed by atoms with Crippen molar-refractivity contribution in [2.24, 2.45) is 0 Å². The van der Waals surface area contributed by atoms with E-state index in [1.165, 1.54) is 16.9 Å². The largest absolute Gasteiger partial charge is 0.493 e. The molecule has 0 bridgehead atoms. The minimum Gasteiger partial charge on any atom is -0.493 e. The van der Waals surface area contributed by atoms with E-state index in [9.17, 15) is 4.79 Å². The first-order valence-corrected chi connectivity index (χ1v) is 10.4. The molecular weight excluding hydrogens is 410 g/mol. The Balaban J connectivity index is 0.00000205. The van der Waals surface area contributed by atoms with Crippen molar-refractivity contribution in [3.63, 3.8) is 0 Å². The van der Waals surface area contributed by atoms with Gasteiger partial charge in [-0.25, -0.2) is 4.98 Å². The van der Waals surface area contributed by atoms with E-state index in [2.05, 4.69) is 26.8 Å². The Labute approximate surface area is 178 Å². The van der Waals surface area contributed by atoms with Crippen LogP contribution in [-0.2, 0) is 6.42 Å². The van der Waals surface area contributed by atoms with Gasteiger partial charge in [0.15, 0.2) is 10.8 Å². The predicted molar refractivity (Wildman–Crippen MR) is 115 cm³/mol. The fraction of sp³-hybridized carbons (Fsp3) is 0.350. The van der Waals surface area contributed by atoms with Crippen molar-refractivity contribution >= 4 is 34.8 Å². The van der Waals surface area contributed by atoms with Crippen LogP contribution in [0.2, 0.25) is 0 Å². The van der Waals surface area contributed by atoms with Crippen LogP contribution >= 0.6 is 23.7 Å². The first-order chi connectivity index (χ1) is 13.8. The molecule has 7 nitrogen and oxygen atoms in total. The van der Waals surface area contributed by atoms with Gasteiger partial charge >= 0.3 is 0 Å². The number of aromatic nitrogens is 3. The third-order valence-electron chi connectivity index (χ3n) is 5.20. The molecule has 2 aromatic heterocycles. The third-order valence-corrected chi connectivity index (χ3v) is 5.95. The number of fused-ring (bicyclic) bond motifs is 1. The lowest BCUT2D eigenvalue weighted by Crippen LogP contribution is -2.32. The molecule has 0 saturated carbocycles. The summed E-state index contributed by atoms with van der Waals surface area (Å²) in [4.78, 5) is 17.1. The number of carbonyl (C=O) groups is 1. The summed E-state index contributed by atoms with van der Waals surface area (Å²) in [6.07, 6.45) is 5.02. The van der Waals surface area contributed by atoms with Crippen molar-refractivity contribution < 1.29 is 9.53 Å². The highest BCUT2D eigenvalue weighted by molar-refractivity contribution is 7.14. The van der Waals surface area contributed by atoms with Crippen molar-refractivity contribution in [1.82, 2.24) is 20.1 Å². The molecule has 2 aliphatic rings. The van der Waals surface area contributed by atoms with Gasteiger partial charge in [0, 0.05) is 30.1 Å². The first kappa shape index (κ1) is 19.9. The van der Waals surface area contributed by atoms with E-state index in [0.29, 0.717) is 16.9 Å². The highest BCUT2D eigenvalue weighted by atomic mass is 35.5. The fourth-order valence-electron chi connectivity index (χ4n) is 3.69. The van der Waals surface area contributed by atoms with Crippen LogP contribution in [0.3, 0.4) is 0 Å². The summed E-state index contributed by atoms with van der Waals surface area (Å²) in [6.45, 7) is 2.68. The lowest BCUT2D eigenvalue weighted by atomic mass is 10.1. The number of piperidine rings is 1. The average molecular weight is 432 g/mol. The molecule has 4 heterocycles. The van der Waals surface area contributed by atoms with Crippen LogP contribution in [0.4, 0.5) is 5.13 Å². The summed E-state index contributed by atoms with van der Waals surface area (Å²) >= 11 is 1.42. The van der Waals surface area contributed by atoms with Crippen LogP contribution in [0.15, 0.2) is 35.8 Å². The number of hydrogen-bond donors (Lipinski definition) is 2. The molecule has 29 heavy (non-hydrogen) atoms. The second kappa shape index (κ2) is 8.52. The Morgan fingerprint density at radius 2 is 2.28 bits per heavy atom. The van der Waals surface area contributed by atoms with Crippen LogP contribution in [0.25, 0.3) is 11.3 Å². The van der Waals surface area contributed by atoms with Crippen molar-refractivity contribution in [1.29, 1.82) is 0 Å². The van der Waals surface area contributed by atoms with E-state index < -0.39 is 0 Å². The number of anilines is 1. The average Bonchev–Trinajstić information content (AvgIpc) is 3.48. The van der Waals surface area contributed by atoms with Gasteiger partial charge in [0.05, 0.1) is 18.3 Å². The zero-order chi connectivity index (χ0) is 18.9. The quantitative estimate of drug-likeness (QED) is 0.660. The highest BCUT2D eigenvalue weighted by Crippen LogP contribution is 2.32. The maximum Gasteiger partial charge on any atom is 0.277 e. The molecule has 3 aromatic rings. The maximum atomic E-state index is 12.6. The second-order valence-electron chi connectivity index (χ2n) is 7.09. The van der Waals surface area contributed by atoms with Crippen molar-refractivity contribution in [2.75, 3.05) is 25.0 Å². The number of benzene rings is 1. The molecule has 9 heteroatoms.